The Labute approximate surface area is 165 Å². The van der Waals surface area contributed by atoms with Crippen LogP contribution in [0.15, 0.2) is 65.8 Å². The number of nitrogens with zero attached hydrogens (tertiary/aromatic N) is 3. The smallest absolute Gasteiger partial charge is 0.191 e. The number of rotatable bonds is 7. The molecule has 0 aliphatic heterocycles. The van der Waals surface area contributed by atoms with Crippen LogP contribution in [-0.2, 0) is 13.0 Å². The maximum absolute atomic E-state index is 13.2. The van der Waals surface area contributed by atoms with E-state index in [4.69, 9.17) is 0 Å². The van der Waals surface area contributed by atoms with Crippen molar-refractivity contribution in [2.75, 3.05) is 13.6 Å². The van der Waals surface area contributed by atoms with E-state index in [9.17, 15) is 4.39 Å². The molecule has 3 aromatic rings. The molecule has 0 saturated heterocycles. The number of para-hydroxylation sites is 1. The normalized spacial score (nSPS) is 11.5. The summed E-state index contributed by atoms with van der Waals surface area (Å²) in [5.41, 5.74) is 4.25. The molecule has 0 unspecified atom stereocenters. The van der Waals surface area contributed by atoms with Crippen LogP contribution in [0.4, 0.5) is 4.39 Å². The number of aromatic nitrogens is 2. The summed E-state index contributed by atoms with van der Waals surface area (Å²) >= 11 is 0. The Bertz CT molecular complexity index is 918. The Hall–Kier alpha value is -3.15. The molecule has 146 valence electrons. The third-order valence-corrected chi connectivity index (χ3v) is 4.51. The summed E-state index contributed by atoms with van der Waals surface area (Å²) in [4.78, 5) is 4.22. The first kappa shape index (κ1) is 19.6. The summed E-state index contributed by atoms with van der Waals surface area (Å²) in [6.07, 6.45) is 4.00. The van der Waals surface area contributed by atoms with Gasteiger partial charge in [0.15, 0.2) is 5.96 Å². The van der Waals surface area contributed by atoms with Gasteiger partial charge in [0.2, 0.25) is 0 Å². The van der Waals surface area contributed by atoms with Crippen molar-refractivity contribution in [3.8, 4) is 5.69 Å². The molecule has 0 bridgehead atoms. The summed E-state index contributed by atoms with van der Waals surface area (Å²) in [5, 5.41) is 11.1. The minimum absolute atomic E-state index is 0.228. The highest BCUT2D eigenvalue weighted by atomic mass is 19.1. The molecule has 3 rings (SSSR count). The average molecular weight is 379 g/mol. The molecule has 2 aromatic carbocycles. The van der Waals surface area contributed by atoms with Gasteiger partial charge in [-0.3, -0.25) is 4.99 Å². The Morgan fingerprint density at radius 3 is 2.68 bits per heavy atom. The molecule has 2 N–H and O–H groups in total. The van der Waals surface area contributed by atoms with Crippen molar-refractivity contribution in [2.24, 2.45) is 4.99 Å². The number of aliphatic imine (C=N–C) groups is 1. The minimum atomic E-state index is -0.228. The molecule has 0 aliphatic rings. The Balaban J connectivity index is 1.45. The first-order valence-corrected chi connectivity index (χ1v) is 9.45. The molecule has 5 nitrogen and oxygen atoms in total. The van der Waals surface area contributed by atoms with Crippen LogP contribution in [0.5, 0.6) is 0 Å². The number of hydrogen-bond acceptors (Lipinski definition) is 2. The third kappa shape index (κ3) is 5.42. The summed E-state index contributed by atoms with van der Waals surface area (Å²) in [7, 11) is 1.73. The zero-order valence-electron chi connectivity index (χ0n) is 16.3. The second kappa shape index (κ2) is 9.69. The van der Waals surface area contributed by atoms with Gasteiger partial charge in [0, 0.05) is 26.3 Å². The lowest BCUT2D eigenvalue weighted by molar-refractivity contribution is 0.624. The molecule has 0 saturated carbocycles. The first-order valence-electron chi connectivity index (χ1n) is 9.45. The second-order valence-corrected chi connectivity index (χ2v) is 6.61. The number of aryl methyl sites for hydroxylation is 2. The van der Waals surface area contributed by atoms with E-state index < -0.39 is 0 Å². The molecular formula is C22H26FN5. The van der Waals surface area contributed by atoms with Crippen LogP contribution in [0.25, 0.3) is 5.69 Å². The largest absolute Gasteiger partial charge is 0.356 e. The van der Waals surface area contributed by atoms with Crippen LogP contribution < -0.4 is 10.6 Å². The highest BCUT2D eigenvalue weighted by molar-refractivity contribution is 5.79. The van der Waals surface area contributed by atoms with E-state index in [2.05, 4.69) is 26.9 Å². The summed E-state index contributed by atoms with van der Waals surface area (Å²) in [6.45, 7) is 3.36. The van der Waals surface area contributed by atoms with E-state index in [1.165, 1.54) is 17.7 Å². The molecule has 28 heavy (non-hydrogen) atoms. The fourth-order valence-corrected chi connectivity index (χ4v) is 2.99. The van der Waals surface area contributed by atoms with Gasteiger partial charge < -0.3 is 10.6 Å². The Morgan fingerprint density at radius 2 is 1.93 bits per heavy atom. The van der Waals surface area contributed by atoms with Gasteiger partial charge in [-0.05, 0) is 55.2 Å². The quantitative estimate of drug-likeness (QED) is 0.375. The maximum Gasteiger partial charge on any atom is 0.191 e. The van der Waals surface area contributed by atoms with Crippen LogP contribution in [0, 0.1) is 12.7 Å². The molecule has 6 heteroatoms. The molecular weight excluding hydrogens is 353 g/mol. The average Bonchev–Trinajstić information content (AvgIpc) is 3.09. The van der Waals surface area contributed by atoms with Crippen LogP contribution in [0.3, 0.4) is 0 Å². The number of halogens is 1. The molecule has 0 radical (unpaired) electrons. The molecule has 0 fully saturated rings. The van der Waals surface area contributed by atoms with E-state index >= 15 is 0 Å². The van der Waals surface area contributed by atoms with Gasteiger partial charge in [-0.15, -0.1) is 0 Å². The van der Waals surface area contributed by atoms with Crippen molar-refractivity contribution < 1.29 is 4.39 Å². The van der Waals surface area contributed by atoms with Crippen LogP contribution in [-0.4, -0.2) is 29.3 Å². The lowest BCUT2D eigenvalue weighted by Crippen LogP contribution is -2.37. The third-order valence-electron chi connectivity index (χ3n) is 4.51. The monoisotopic (exact) mass is 379 g/mol. The fraction of sp³-hybridized carbons (Fsp3) is 0.273. The minimum Gasteiger partial charge on any atom is -0.356 e. The summed E-state index contributed by atoms with van der Waals surface area (Å²) < 4.78 is 15.2. The number of benzene rings is 2. The van der Waals surface area contributed by atoms with Crippen molar-refractivity contribution in [1.82, 2.24) is 20.4 Å². The van der Waals surface area contributed by atoms with Crippen molar-refractivity contribution >= 4 is 5.96 Å². The van der Waals surface area contributed by atoms with E-state index in [-0.39, 0.29) is 5.82 Å². The molecule has 1 aromatic heterocycles. The highest BCUT2D eigenvalue weighted by Gasteiger charge is 2.06. The second-order valence-electron chi connectivity index (χ2n) is 6.61. The summed E-state index contributed by atoms with van der Waals surface area (Å²) in [6, 6.07) is 16.7. The van der Waals surface area contributed by atoms with Gasteiger partial charge >= 0.3 is 0 Å². The molecule has 0 atom stereocenters. The number of hydrogen-bond donors (Lipinski definition) is 2. The van der Waals surface area contributed by atoms with Crippen molar-refractivity contribution in [2.45, 2.75) is 26.3 Å². The molecule has 0 amide bonds. The predicted molar refractivity (Wildman–Crippen MR) is 111 cm³/mol. The van der Waals surface area contributed by atoms with Gasteiger partial charge in [0.05, 0.1) is 11.4 Å². The SMILES string of the molecule is CN=C(NCCCc1cn(-c2ccccc2)nc1C)NCc1cccc(F)c1. The van der Waals surface area contributed by atoms with E-state index in [0.29, 0.717) is 12.5 Å². The standard InChI is InChI=1S/C22H26FN5/c1-17-19(16-28(27-17)21-11-4-3-5-12-21)9-7-13-25-22(24-2)26-15-18-8-6-10-20(23)14-18/h3-6,8,10-12,14,16H,7,9,13,15H2,1-2H3,(H2,24,25,26). The zero-order chi connectivity index (χ0) is 19.8. The van der Waals surface area contributed by atoms with E-state index in [1.807, 2.05) is 48.0 Å². The Kier molecular flexibility index (Phi) is 6.78. The maximum atomic E-state index is 13.2. The van der Waals surface area contributed by atoms with E-state index in [1.54, 1.807) is 13.1 Å². The number of guanidine groups is 1. The molecule has 0 spiro atoms. The van der Waals surface area contributed by atoms with Crippen molar-refractivity contribution in [3.63, 3.8) is 0 Å². The van der Waals surface area contributed by atoms with Gasteiger partial charge in [-0.1, -0.05) is 30.3 Å². The van der Waals surface area contributed by atoms with Gasteiger partial charge in [-0.2, -0.15) is 5.10 Å². The van der Waals surface area contributed by atoms with Crippen molar-refractivity contribution in [3.05, 3.63) is 83.4 Å². The van der Waals surface area contributed by atoms with Gasteiger partial charge in [0.25, 0.3) is 0 Å². The van der Waals surface area contributed by atoms with Gasteiger partial charge in [0.1, 0.15) is 5.82 Å². The molecule has 0 aliphatic carbocycles. The number of nitrogens with one attached hydrogen (secondary N) is 2. The fourth-order valence-electron chi connectivity index (χ4n) is 2.99. The first-order chi connectivity index (χ1) is 13.7. The summed E-state index contributed by atoms with van der Waals surface area (Å²) in [5.74, 6) is 0.481. The van der Waals surface area contributed by atoms with Crippen LogP contribution in [0.2, 0.25) is 0 Å². The van der Waals surface area contributed by atoms with Gasteiger partial charge in [-0.25, -0.2) is 9.07 Å². The Morgan fingerprint density at radius 1 is 1.11 bits per heavy atom. The lowest BCUT2D eigenvalue weighted by Gasteiger charge is -2.12. The highest BCUT2D eigenvalue weighted by Crippen LogP contribution is 2.13. The van der Waals surface area contributed by atoms with Crippen LogP contribution in [0.1, 0.15) is 23.2 Å². The predicted octanol–water partition coefficient (Wildman–Crippen LogP) is 3.62. The topological polar surface area (TPSA) is 54.2 Å². The van der Waals surface area contributed by atoms with Crippen molar-refractivity contribution in [1.29, 1.82) is 0 Å². The zero-order valence-corrected chi connectivity index (χ0v) is 16.3. The molecule has 1 heterocycles. The lowest BCUT2D eigenvalue weighted by atomic mass is 10.1. The van der Waals surface area contributed by atoms with E-state index in [0.717, 1.165) is 36.3 Å². The van der Waals surface area contributed by atoms with Crippen LogP contribution >= 0.6 is 0 Å².